The van der Waals surface area contributed by atoms with Crippen LogP contribution in [0.3, 0.4) is 0 Å². The predicted octanol–water partition coefficient (Wildman–Crippen LogP) is 3.04. The number of nitrogens with zero attached hydrogens (tertiary/aromatic N) is 2. The van der Waals surface area contributed by atoms with Crippen LogP contribution in [0.15, 0.2) is 30.5 Å². The van der Waals surface area contributed by atoms with E-state index in [1.807, 2.05) is 0 Å². The molecule has 0 aliphatic carbocycles. The summed E-state index contributed by atoms with van der Waals surface area (Å²) in [5.41, 5.74) is -0.398. The molecule has 0 amide bonds. The molecule has 0 spiro atoms. The van der Waals surface area contributed by atoms with Crippen LogP contribution in [-0.4, -0.2) is 4.98 Å². The van der Waals surface area contributed by atoms with Gasteiger partial charge in [-0.1, -0.05) is 12.1 Å². The molecule has 0 saturated heterocycles. The van der Waals surface area contributed by atoms with E-state index in [9.17, 15) is 13.2 Å². The summed E-state index contributed by atoms with van der Waals surface area (Å²) in [7, 11) is 0. The van der Waals surface area contributed by atoms with Crippen LogP contribution >= 0.6 is 0 Å². The summed E-state index contributed by atoms with van der Waals surface area (Å²) in [4.78, 5) is 3.52. The van der Waals surface area contributed by atoms with Gasteiger partial charge < -0.3 is 0 Å². The minimum atomic E-state index is -1.07. The first kappa shape index (κ1) is 11.1. The van der Waals surface area contributed by atoms with Crippen LogP contribution in [0.1, 0.15) is 5.69 Å². The number of benzene rings is 1. The molecule has 1 heterocycles. The van der Waals surface area contributed by atoms with Crippen LogP contribution in [0.2, 0.25) is 0 Å². The monoisotopic (exact) mass is 234 g/mol. The second-order valence-electron chi connectivity index (χ2n) is 3.27. The van der Waals surface area contributed by atoms with Crippen LogP contribution in [0.4, 0.5) is 13.2 Å². The molecule has 0 bridgehead atoms. The smallest absolute Gasteiger partial charge is 0.176 e. The van der Waals surface area contributed by atoms with Gasteiger partial charge in [0, 0.05) is 17.3 Å². The summed E-state index contributed by atoms with van der Waals surface area (Å²) in [6.07, 6.45) is 1.12. The molecule has 2 rings (SSSR count). The Bertz CT molecular complexity index is 618. The highest BCUT2D eigenvalue weighted by Gasteiger charge is 2.12. The largest absolute Gasteiger partial charge is 0.242 e. The quantitative estimate of drug-likeness (QED) is 0.760. The van der Waals surface area contributed by atoms with E-state index in [0.29, 0.717) is 0 Å². The highest BCUT2D eigenvalue weighted by molar-refractivity contribution is 5.63. The molecule has 1 aromatic heterocycles. The molecule has 0 aliphatic heterocycles. The molecule has 0 aliphatic rings. The van der Waals surface area contributed by atoms with Crippen molar-refractivity contribution in [3.05, 3.63) is 53.6 Å². The molecule has 0 radical (unpaired) electrons. The number of rotatable bonds is 1. The number of pyridine rings is 1. The molecule has 84 valence electrons. The van der Waals surface area contributed by atoms with E-state index in [4.69, 9.17) is 5.26 Å². The maximum Gasteiger partial charge on any atom is 0.176 e. The fourth-order valence-corrected chi connectivity index (χ4v) is 1.39. The van der Waals surface area contributed by atoms with Crippen LogP contribution < -0.4 is 0 Å². The summed E-state index contributed by atoms with van der Waals surface area (Å²) >= 11 is 0. The zero-order chi connectivity index (χ0) is 12.4. The van der Waals surface area contributed by atoms with Gasteiger partial charge in [0.25, 0.3) is 0 Å². The van der Waals surface area contributed by atoms with E-state index in [-0.39, 0.29) is 16.8 Å². The maximum absolute atomic E-state index is 13.4. The third-order valence-corrected chi connectivity index (χ3v) is 2.21. The second kappa shape index (κ2) is 4.26. The van der Waals surface area contributed by atoms with E-state index in [2.05, 4.69) is 4.98 Å². The lowest BCUT2D eigenvalue weighted by Crippen LogP contribution is -1.93. The highest BCUT2D eigenvalue weighted by Crippen LogP contribution is 2.24. The van der Waals surface area contributed by atoms with Gasteiger partial charge in [-0.2, -0.15) is 5.26 Å². The van der Waals surface area contributed by atoms with Crippen molar-refractivity contribution in [1.82, 2.24) is 4.98 Å². The van der Waals surface area contributed by atoms with Crippen LogP contribution in [0, 0.1) is 28.8 Å². The van der Waals surface area contributed by atoms with Gasteiger partial charge >= 0.3 is 0 Å². The van der Waals surface area contributed by atoms with Gasteiger partial charge in [0.15, 0.2) is 23.1 Å². The standard InChI is InChI=1S/C12H5F3N2/c13-9-3-1-2-8(12(9)15)7-4-10(14)11(5-16)17-6-7/h1-4,6H. The van der Waals surface area contributed by atoms with Gasteiger partial charge in [0.2, 0.25) is 0 Å². The number of hydrogen-bond acceptors (Lipinski definition) is 2. The second-order valence-corrected chi connectivity index (χ2v) is 3.27. The zero-order valence-electron chi connectivity index (χ0n) is 8.42. The minimum Gasteiger partial charge on any atom is -0.242 e. The Kier molecular flexibility index (Phi) is 2.79. The number of halogens is 3. The Morgan fingerprint density at radius 3 is 2.53 bits per heavy atom. The molecule has 0 unspecified atom stereocenters. The van der Waals surface area contributed by atoms with Gasteiger partial charge in [0.1, 0.15) is 6.07 Å². The average Bonchev–Trinajstić information content (AvgIpc) is 2.32. The lowest BCUT2D eigenvalue weighted by molar-refractivity contribution is 0.511. The lowest BCUT2D eigenvalue weighted by atomic mass is 10.1. The number of nitriles is 1. The molecule has 0 atom stereocenters. The molecule has 1 aromatic carbocycles. The van der Waals surface area contributed by atoms with E-state index >= 15 is 0 Å². The summed E-state index contributed by atoms with van der Waals surface area (Å²) in [6, 6.07) is 6.07. The van der Waals surface area contributed by atoms with Crippen LogP contribution in [0.25, 0.3) is 11.1 Å². The van der Waals surface area contributed by atoms with Gasteiger partial charge in [-0.3, -0.25) is 0 Å². The Balaban J connectivity index is 2.59. The number of aromatic nitrogens is 1. The SMILES string of the molecule is N#Cc1ncc(-c2cccc(F)c2F)cc1F. The summed E-state index contributed by atoms with van der Waals surface area (Å²) in [6.45, 7) is 0. The van der Waals surface area contributed by atoms with E-state index < -0.39 is 17.5 Å². The Labute approximate surface area is 95.0 Å². The van der Waals surface area contributed by atoms with Crippen molar-refractivity contribution in [2.45, 2.75) is 0 Å². The molecule has 2 nitrogen and oxygen atoms in total. The van der Waals surface area contributed by atoms with Crippen molar-refractivity contribution in [1.29, 1.82) is 5.26 Å². The third kappa shape index (κ3) is 1.97. The summed E-state index contributed by atoms with van der Waals surface area (Å²) < 4.78 is 39.6. The predicted molar refractivity (Wildman–Crippen MR) is 54.3 cm³/mol. The summed E-state index contributed by atoms with van der Waals surface area (Å²) in [5, 5.41) is 8.49. The Hall–Kier alpha value is -2.35. The first-order valence-electron chi connectivity index (χ1n) is 4.63. The lowest BCUT2D eigenvalue weighted by Gasteiger charge is -2.04. The van der Waals surface area contributed by atoms with Gasteiger partial charge in [-0.05, 0) is 12.1 Å². The fraction of sp³-hybridized carbons (Fsp3) is 0. The molecule has 0 fully saturated rings. The minimum absolute atomic E-state index is 0.0819. The van der Waals surface area contributed by atoms with Crippen molar-refractivity contribution < 1.29 is 13.2 Å². The van der Waals surface area contributed by atoms with Crippen LogP contribution in [-0.2, 0) is 0 Å². The molecular formula is C12H5F3N2. The molecular weight excluding hydrogens is 229 g/mol. The molecule has 17 heavy (non-hydrogen) atoms. The van der Waals surface area contributed by atoms with Crippen molar-refractivity contribution in [2.24, 2.45) is 0 Å². The summed E-state index contributed by atoms with van der Waals surface area (Å²) in [5.74, 6) is -2.96. The molecule has 2 aromatic rings. The molecule has 5 heteroatoms. The van der Waals surface area contributed by atoms with Crippen LogP contribution in [0.5, 0.6) is 0 Å². The van der Waals surface area contributed by atoms with Crippen molar-refractivity contribution in [3.63, 3.8) is 0 Å². The normalized spacial score (nSPS) is 10.0. The first-order chi connectivity index (χ1) is 8.13. The number of hydrogen-bond donors (Lipinski definition) is 0. The van der Waals surface area contributed by atoms with Gasteiger partial charge in [0.05, 0.1) is 0 Å². The maximum atomic E-state index is 13.4. The van der Waals surface area contributed by atoms with Gasteiger partial charge in [-0.25, -0.2) is 18.2 Å². The third-order valence-electron chi connectivity index (χ3n) is 2.21. The van der Waals surface area contributed by atoms with Gasteiger partial charge in [-0.15, -0.1) is 0 Å². The van der Waals surface area contributed by atoms with E-state index in [0.717, 1.165) is 18.3 Å². The van der Waals surface area contributed by atoms with E-state index in [1.54, 1.807) is 6.07 Å². The molecule has 0 N–H and O–H groups in total. The van der Waals surface area contributed by atoms with Crippen molar-refractivity contribution in [3.8, 4) is 17.2 Å². The highest BCUT2D eigenvalue weighted by atomic mass is 19.2. The average molecular weight is 234 g/mol. The molecule has 0 saturated carbocycles. The fourth-order valence-electron chi connectivity index (χ4n) is 1.39. The zero-order valence-corrected chi connectivity index (χ0v) is 8.42. The Morgan fingerprint density at radius 1 is 1.12 bits per heavy atom. The van der Waals surface area contributed by atoms with E-state index in [1.165, 1.54) is 12.1 Å². The van der Waals surface area contributed by atoms with Crippen molar-refractivity contribution in [2.75, 3.05) is 0 Å². The topological polar surface area (TPSA) is 36.7 Å². The Morgan fingerprint density at radius 2 is 1.88 bits per heavy atom. The van der Waals surface area contributed by atoms with Crippen molar-refractivity contribution >= 4 is 0 Å². The first-order valence-corrected chi connectivity index (χ1v) is 4.63.